The fourth-order valence-corrected chi connectivity index (χ4v) is 1.83. The van der Waals surface area contributed by atoms with Crippen LogP contribution in [0.25, 0.3) is 0 Å². The molecule has 1 aromatic carbocycles. The highest BCUT2D eigenvalue weighted by molar-refractivity contribution is 7.81. The van der Waals surface area contributed by atoms with Crippen LogP contribution in [0.2, 0.25) is 0 Å². The zero-order valence-corrected chi connectivity index (χ0v) is 12.3. The first kappa shape index (κ1) is 14.9. The maximum absolute atomic E-state index is 11.7. The van der Waals surface area contributed by atoms with Crippen LogP contribution in [0.1, 0.15) is 15.9 Å². The molecule has 0 radical (unpaired) electrons. The van der Waals surface area contributed by atoms with Gasteiger partial charge in [0.1, 0.15) is 4.99 Å². The first-order valence-electron chi connectivity index (χ1n) is 6.00. The van der Waals surface area contributed by atoms with Crippen molar-refractivity contribution in [3.8, 4) is 6.01 Å². The van der Waals surface area contributed by atoms with Crippen molar-refractivity contribution in [3.63, 3.8) is 0 Å². The molecule has 0 aliphatic carbocycles. The molecular weight excluding hydrogens is 290 g/mol. The van der Waals surface area contributed by atoms with E-state index >= 15 is 0 Å². The minimum atomic E-state index is -0.438. The number of anilines is 1. The van der Waals surface area contributed by atoms with E-state index in [2.05, 4.69) is 15.3 Å². The van der Waals surface area contributed by atoms with Gasteiger partial charge in [0.05, 0.1) is 25.5 Å². The Morgan fingerprint density at radius 3 is 2.48 bits per heavy atom. The number of hydrogen-bond donors (Lipinski definition) is 1. The quantitative estimate of drug-likeness (QED) is 0.684. The third kappa shape index (κ3) is 3.51. The van der Waals surface area contributed by atoms with Gasteiger partial charge in [-0.05, 0) is 12.1 Å². The molecule has 0 saturated heterocycles. The van der Waals surface area contributed by atoms with E-state index in [9.17, 15) is 4.79 Å². The lowest BCUT2D eigenvalue weighted by Gasteiger charge is -2.11. The maximum Gasteiger partial charge on any atom is 0.339 e. The molecular formula is C14H13N3O3S. The third-order valence-electron chi connectivity index (χ3n) is 2.65. The maximum atomic E-state index is 11.7. The molecule has 7 heteroatoms. The van der Waals surface area contributed by atoms with Gasteiger partial charge in [0.2, 0.25) is 0 Å². The van der Waals surface area contributed by atoms with Crippen LogP contribution in [0.4, 0.5) is 5.69 Å². The molecule has 108 valence electrons. The Morgan fingerprint density at radius 1 is 1.19 bits per heavy atom. The number of carbonyl (C=O) groups excluding carboxylic acids is 1. The van der Waals surface area contributed by atoms with E-state index < -0.39 is 5.97 Å². The number of nitrogens with zero attached hydrogens (tertiary/aromatic N) is 2. The Labute approximate surface area is 127 Å². The smallest absolute Gasteiger partial charge is 0.339 e. The number of carbonyl (C=O) groups is 1. The van der Waals surface area contributed by atoms with Crippen LogP contribution in [0.3, 0.4) is 0 Å². The summed E-state index contributed by atoms with van der Waals surface area (Å²) >= 11 is 5.28. The summed E-state index contributed by atoms with van der Waals surface area (Å²) in [5, 5.41) is 2.99. The minimum absolute atomic E-state index is 0.261. The number of rotatable bonds is 4. The summed E-state index contributed by atoms with van der Waals surface area (Å²) in [4.78, 5) is 20.0. The molecule has 1 N–H and O–H groups in total. The summed E-state index contributed by atoms with van der Waals surface area (Å²) < 4.78 is 9.62. The molecule has 0 aliphatic heterocycles. The van der Waals surface area contributed by atoms with E-state index in [1.165, 1.54) is 14.2 Å². The highest BCUT2D eigenvalue weighted by Gasteiger charge is 2.12. The van der Waals surface area contributed by atoms with Gasteiger partial charge in [0, 0.05) is 18.0 Å². The van der Waals surface area contributed by atoms with E-state index in [1.54, 1.807) is 36.7 Å². The number of thiocarbonyl (C=S) groups is 1. The van der Waals surface area contributed by atoms with E-state index in [1.807, 2.05) is 0 Å². The number of benzene rings is 1. The Morgan fingerprint density at radius 2 is 1.86 bits per heavy atom. The molecule has 0 amide bonds. The molecule has 6 nitrogen and oxygen atoms in total. The van der Waals surface area contributed by atoms with E-state index in [0.29, 0.717) is 21.8 Å². The van der Waals surface area contributed by atoms with Gasteiger partial charge in [-0.3, -0.25) is 0 Å². The number of ether oxygens (including phenoxy) is 2. The number of para-hydroxylation sites is 1. The lowest BCUT2D eigenvalue weighted by molar-refractivity contribution is 0.0602. The number of esters is 1. The molecule has 2 aromatic rings. The van der Waals surface area contributed by atoms with Crippen LogP contribution in [0, 0.1) is 0 Å². The predicted molar refractivity (Wildman–Crippen MR) is 81.7 cm³/mol. The largest absolute Gasteiger partial charge is 0.467 e. The Bertz CT molecular complexity index is 659. The number of aromatic nitrogens is 2. The van der Waals surface area contributed by atoms with Crippen molar-refractivity contribution in [2.45, 2.75) is 0 Å². The number of methoxy groups -OCH3 is 2. The average molecular weight is 303 g/mol. The van der Waals surface area contributed by atoms with Crippen molar-refractivity contribution in [1.82, 2.24) is 9.97 Å². The van der Waals surface area contributed by atoms with E-state index in [0.717, 1.165) is 0 Å². The van der Waals surface area contributed by atoms with Crippen LogP contribution in [0.5, 0.6) is 6.01 Å². The second kappa shape index (κ2) is 6.76. The minimum Gasteiger partial charge on any atom is -0.467 e. The molecule has 1 heterocycles. The van der Waals surface area contributed by atoms with Gasteiger partial charge in [-0.1, -0.05) is 24.4 Å². The van der Waals surface area contributed by atoms with Gasteiger partial charge in [0.15, 0.2) is 0 Å². The monoisotopic (exact) mass is 303 g/mol. The zero-order chi connectivity index (χ0) is 15.2. The first-order valence-corrected chi connectivity index (χ1v) is 6.41. The van der Waals surface area contributed by atoms with E-state index in [-0.39, 0.29) is 6.01 Å². The van der Waals surface area contributed by atoms with Crippen molar-refractivity contribution in [2.24, 2.45) is 0 Å². The van der Waals surface area contributed by atoms with Crippen molar-refractivity contribution >= 4 is 28.9 Å². The number of nitrogens with one attached hydrogen (secondary N) is 1. The van der Waals surface area contributed by atoms with Crippen LogP contribution >= 0.6 is 12.2 Å². The lowest BCUT2D eigenvalue weighted by Crippen LogP contribution is -2.15. The van der Waals surface area contributed by atoms with Crippen molar-refractivity contribution in [3.05, 3.63) is 47.8 Å². The lowest BCUT2D eigenvalue weighted by atomic mass is 10.1. The summed E-state index contributed by atoms with van der Waals surface area (Å²) in [7, 11) is 2.81. The summed E-state index contributed by atoms with van der Waals surface area (Å²) in [5.41, 5.74) is 1.58. The van der Waals surface area contributed by atoms with Crippen molar-refractivity contribution in [1.29, 1.82) is 0 Å². The number of hydrogen-bond acceptors (Lipinski definition) is 6. The second-order valence-corrected chi connectivity index (χ2v) is 4.36. The van der Waals surface area contributed by atoms with E-state index in [4.69, 9.17) is 21.7 Å². The van der Waals surface area contributed by atoms with Gasteiger partial charge in [0.25, 0.3) is 0 Å². The standard InChI is InChI=1S/C14H13N3O3S/c1-19-13(18)10-5-3-4-6-11(10)17-12(21)9-7-15-14(20-2)16-8-9/h3-8H,1-2H3,(H,17,21). The van der Waals surface area contributed by atoms with Crippen LogP contribution in [-0.4, -0.2) is 35.1 Å². The average Bonchev–Trinajstić information content (AvgIpc) is 2.54. The van der Waals surface area contributed by atoms with Crippen LogP contribution < -0.4 is 10.1 Å². The summed E-state index contributed by atoms with van der Waals surface area (Å²) in [6.45, 7) is 0. The highest BCUT2D eigenvalue weighted by atomic mass is 32.1. The summed E-state index contributed by atoms with van der Waals surface area (Å²) in [6, 6.07) is 7.19. The molecule has 0 aliphatic rings. The SMILES string of the molecule is COC(=O)c1ccccc1NC(=S)c1cnc(OC)nc1. The fourth-order valence-electron chi connectivity index (χ4n) is 1.61. The topological polar surface area (TPSA) is 73.3 Å². The Hall–Kier alpha value is -2.54. The molecule has 0 bridgehead atoms. The molecule has 2 rings (SSSR count). The van der Waals surface area contributed by atoms with Crippen LogP contribution in [-0.2, 0) is 4.74 Å². The second-order valence-electron chi connectivity index (χ2n) is 3.95. The highest BCUT2D eigenvalue weighted by Crippen LogP contribution is 2.17. The predicted octanol–water partition coefficient (Wildman–Crippen LogP) is 2.06. The zero-order valence-electron chi connectivity index (χ0n) is 11.5. The van der Waals surface area contributed by atoms with Crippen LogP contribution in [0.15, 0.2) is 36.7 Å². The summed E-state index contributed by atoms with van der Waals surface area (Å²) in [5.74, 6) is -0.438. The Balaban J connectivity index is 2.21. The first-order chi connectivity index (χ1) is 10.2. The van der Waals surface area contributed by atoms with Gasteiger partial charge < -0.3 is 14.8 Å². The fraction of sp³-hybridized carbons (Fsp3) is 0.143. The van der Waals surface area contributed by atoms with Crippen molar-refractivity contribution < 1.29 is 14.3 Å². The summed E-state index contributed by atoms with van der Waals surface area (Å²) in [6.07, 6.45) is 3.09. The van der Waals surface area contributed by atoms with Crippen molar-refractivity contribution in [2.75, 3.05) is 19.5 Å². The molecule has 0 spiro atoms. The normalized spacial score (nSPS) is 9.81. The molecule has 0 saturated carbocycles. The van der Waals surface area contributed by atoms with Gasteiger partial charge >= 0.3 is 12.0 Å². The molecule has 1 aromatic heterocycles. The van der Waals surface area contributed by atoms with Gasteiger partial charge in [-0.25, -0.2) is 14.8 Å². The molecule has 0 fully saturated rings. The molecule has 0 unspecified atom stereocenters. The third-order valence-corrected chi connectivity index (χ3v) is 2.99. The van der Waals surface area contributed by atoms with Gasteiger partial charge in [-0.2, -0.15) is 0 Å². The molecule has 21 heavy (non-hydrogen) atoms. The van der Waals surface area contributed by atoms with Gasteiger partial charge in [-0.15, -0.1) is 0 Å². The molecule has 0 atom stereocenters. The Kier molecular flexibility index (Phi) is 4.78.